The fourth-order valence-corrected chi connectivity index (χ4v) is 4.93. The average Bonchev–Trinajstić information content (AvgIpc) is 3.06. The summed E-state index contributed by atoms with van der Waals surface area (Å²) in [6, 6.07) is 12.8. The molecule has 2 nitrogen and oxygen atoms in total. The van der Waals surface area contributed by atoms with Crippen LogP contribution in [-0.4, -0.2) is 0 Å². The minimum Gasteiger partial charge on any atom is -0.455 e. The van der Waals surface area contributed by atoms with Gasteiger partial charge in [0.25, 0.3) is 0 Å². The molecule has 5 rings (SSSR count). The van der Waals surface area contributed by atoms with Crippen LogP contribution in [0.25, 0.3) is 44.0 Å². The zero-order valence-corrected chi connectivity index (χ0v) is 19.9. The van der Waals surface area contributed by atoms with Gasteiger partial charge in [0.15, 0.2) is 6.20 Å². The summed E-state index contributed by atoms with van der Waals surface area (Å²) in [6.45, 7) is 10.8. The van der Waals surface area contributed by atoms with Crippen LogP contribution in [0.5, 0.6) is 0 Å². The lowest BCUT2D eigenvalue weighted by atomic mass is 9.87. The molecule has 0 fully saturated rings. The summed E-state index contributed by atoms with van der Waals surface area (Å²) in [5.41, 5.74) is 6.31. The number of fused-ring (bicyclic) bond motifs is 4. The Labute approximate surface area is 192 Å². The lowest BCUT2D eigenvalue weighted by Gasteiger charge is -2.18. The van der Waals surface area contributed by atoms with Crippen molar-refractivity contribution in [3.05, 3.63) is 77.0 Å². The van der Waals surface area contributed by atoms with E-state index < -0.39 is 11.6 Å². The Balaban J connectivity index is 1.87. The third-order valence-corrected chi connectivity index (χ3v) is 6.47. The Kier molecular flexibility index (Phi) is 4.82. The van der Waals surface area contributed by atoms with Crippen LogP contribution in [0.1, 0.15) is 37.5 Å². The van der Waals surface area contributed by atoms with E-state index >= 15 is 0 Å². The van der Waals surface area contributed by atoms with E-state index in [0.717, 1.165) is 45.6 Å². The Morgan fingerprint density at radius 3 is 2.42 bits per heavy atom. The van der Waals surface area contributed by atoms with Gasteiger partial charge in [0, 0.05) is 23.6 Å². The minimum atomic E-state index is -0.642. The predicted octanol–water partition coefficient (Wildman–Crippen LogP) is 7.71. The van der Waals surface area contributed by atoms with Crippen LogP contribution in [-0.2, 0) is 13.5 Å². The molecule has 0 amide bonds. The predicted molar refractivity (Wildman–Crippen MR) is 130 cm³/mol. The largest absolute Gasteiger partial charge is 0.455 e. The summed E-state index contributed by atoms with van der Waals surface area (Å²) in [6.07, 6.45) is 3.04. The molecule has 33 heavy (non-hydrogen) atoms. The molecule has 0 aliphatic heterocycles. The number of furan rings is 1. The monoisotopic (exact) mass is 444 g/mol. The lowest BCUT2D eigenvalue weighted by molar-refractivity contribution is -0.659. The maximum atomic E-state index is 14.8. The zero-order valence-electron chi connectivity index (χ0n) is 19.9. The maximum absolute atomic E-state index is 14.8. The van der Waals surface area contributed by atoms with Crippen molar-refractivity contribution in [2.45, 2.75) is 41.0 Å². The van der Waals surface area contributed by atoms with Crippen molar-refractivity contribution in [2.75, 3.05) is 0 Å². The molecule has 0 saturated carbocycles. The van der Waals surface area contributed by atoms with E-state index in [-0.39, 0.29) is 11.0 Å². The Hall–Kier alpha value is -3.27. The third-order valence-electron chi connectivity index (χ3n) is 6.47. The molecule has 168 valence electrons. The van der Waals surface area contributed by atoms with Crippen LogP contribution >= 0.6 is 0 Å². The number of hydrogen-bond acceptors (Lipinski definition) is 1. The Bertz CT molecular complexity index is 1570. The molecule has 3 aromatic carbocycles. The number of aryl methyl sites for hydroxylation is 2. The van der Waals surface area contributed by atoms with E-state index in [1.165, 1.54) is 11.6 Å². The van der Waals surface area contributed by atoms with Gasteiger partial charge in [-0.15, -0.1) is 0 Å². The van der Waals surface area contributed by atoms with Crippen molar-refractivity contribution in [3.8, 4) is 11.3 Å². The summed E-state index contributed by atoms with van der Waals surface area (Å²) < 4.78 is 36.9. The van der Waals surface area contributed by atoms with Crippen molar-refractivity contribution in [1.82, 2.24) is 0 Å². The molecule has 2 aromatic heterocycles. The van der Waals surface area contributed by atoms with Crippen LogP contribution < -0.4 is 4.57 Å². The first-order valence-corrected chi connectivity index (χ1v) is 11.3. The van der Waals surface area contributed by atoms with Gasteiger partial charge in [-0.3, -0.25) is 0 Å². The number of benzene rings is 3. The molecular weight excluding hydrogens is 416 g/mol. The maximum Gasteiger partial charge on any atom is 0.224 e. The summed E-state index contributed by atoms with van der Waals surface area (Å²) in [5, 5.41) is 3.24. The molecule has 0 bridgehead atoms. The number of pyridine rings is 1. The van der Waals surface area contributed by atoms with Crippen molar-refractivity contribution >= 4 is 32.7 Å². The first-order chi connectivity index (χ1) is 15.5. The van der Waals surface area contributed by atoms with Crippen molar-refractivity contribution < 1.29 is 17.8 Å². The highest BCUT2D eigenvalue weighted by molar-refractivity contribution is 6.12. The van der Waals surface area contributed by atoms with Crippen LogP contribution in [0.2, 0.25) is 0 Å². The molecule has 4 heteroatoms. The number of aromatic nitrogens is 1. The molecule has 0 N–H and O–H groups in total. The van der Waals surface area contributed by atoms with Crippen LogP contribution in [0, 0.1) is 30.9 Å². The van der Waals surface area contributed by atoms with Crippen LogP contribution in [0.15, 0.2) is 53.1 Å². The minimum absolute atomic E-state index is 0.197. The van der Waals surface area contributed by atoms with E-state index in [1.807, 2.05) is 20.0 Å². The van der Waals surface area contributed by atoms with Gasteiger partial charge in [0.2, 0.25) is 5.69 Å². The van der Waals surface area contributed by atoms with E-state index in [0.29, 0.717) is 16.4 Å². The molecule has 0 radical (unpaired) electrons. The summed E-state index contributed by atoms with van der Waals surface area (Å²) in [4.78, 5) is 0. The molecule has 0 saturated heterocycles. The number of rotatable bonds is 2. The van der Waals surface area contributed by atoms with Gasteiger partial charge in [-0.2, -0.15) is 0 Å². The highest BCUT2D eigenvalue weighted by atomic mass is 19.1. The average molecular weight is 445 g/mol. The van der Waals surface area contributed by atoms with Gasteiger partial charge in [-0.25, -0.2) is 13.3 Å². The van der Waals surface area contributed by atoms with E-state index in [2.05, 4.69) is 62.7 Å². The van der Waals surface area contributed by atoms with Crippen molar-refractivity contribution in [1.29, 1.82) is 0 Å². The lowest BCUT2D eigenvalue weighted by Crippen LogP contribution is -2.31. The summed E-state index contributed by atoms with van der Waals surface area (Å²) >= 11 is 0. The SMILES string of the molecule is Cc1cc2c(oc3cc(F)cc(F)c32)c(-c2c3ccc(CC(C)(C)C)cc3cc[n+]2C)c1C. The van der Waals surface area contributed by atoms with Crippen molar-refractivity contribution in [3.63, 3.8) is 0 Å². The second kappa shape index (κ2) is 7.38. The molecule has 0 aliphatic carbocycles. The third kappa shape index (κ3) is 3.58. The van der Waals surface area contributed by atoms with Gasteiger partial charge in [-0.1, -0.05) is 32.9 Å². The van der Waals surface area contributed by atoms with E-state index in [1.54, 1.807) is 0 Å². The zero-order chi connectivity index (χ0) is 23.7. The standard InChI is InChI=1S/C29H28F2NO/c1-16-11-22-26-23(31)13-20(30)14-24(26)33-28(22)25(17(16)2)27-21-8-7-18(15-29(3,4)5)12-19(21)9-10-32(27)6/h7-14H,15H2,1-6H3/q+1. The van der Waals surface area contributed by atoms with Gasteiger partial charge in [0.1, 0.15) is 29.8 Å². The van der Waals surface area contributed by atoms with Gasteiger partial charge in [0.05, 0.1) is 16.3 Å². The molecule has 2 heterocycles. The Morgan fingerprint density at radius 2 is 1.70 bits per heavy atom. The number of halogens is 2. The Morgan fingerprint density at radius 1 is 0.939 bits per heavy atom. The smallest absolute Gasteiger partial charge is 0.224 e. The molecular formula is C29H28F2NO+. The first kappa shape index (κ1) is 21.6. The number of nitrogens with zero attached hydrogens (tertiary/aromatic N) is 1. The van der Waals surface area contributed by atoms with Gasteiger partial charge < -0.3 is 4.42 Å². The fourth-order valence-electron chi connectivity index (χ4n) is 4.93. The van der Waals surface area contributed by atoms with Crippen LogP contribution in [0.3, 0.4) is 0 Å². The summed E-state index contributed by atoms with van der Waals surface area (Å²) in [7, 11) is 2.01. The highest BCUT2D eigenvalue weighted by Crippen LogP contribution is 2.41. The van der Waals surface area contributed by atoms with E-state index in [9.17, 15) is 8.78 Å². The first-order valence-electron chi connectivity index (χ1n) is 11.3. The highest BCUT2D eigenvalue weighted by Gasteiger charge is 2.26. The molecule has 0 spiro atoms. The van der Waals surface area contributed by atoms with Crippen LogP contribution in [0.4, 0.5) is 8.78 Å². The molecule has 0 unspecified atom stereocenters. The molecule has 0 aliphatic rings. The molecule has 5 aromatic rings. The molecule has 0 atom stereocenters. The summed E-state index contributed by atoms with van der Waals surface area (Å²) in [5.74, 6) is -1.25. The topological polar surface area (TPSA) is 17.0 Å². The fraction of sp³-hybridized carbons (Fsp3) is 0.276. The van der Waals surface area contributed by atoms with Crippen molar-refractivity contribution in [2.24, 2.45) is 12.5 Å². The quantitative estimate of drug-likeness (QED) is 0.255. The van der Waals surface area contributed by atoms with Gasteiger partial charge in [-0.05, 0) is 59.9 Å². The second-order valence-corrected chi connectivity index (χ2v) is 10.4. The van der Waals surface area contributed by atoms with E-state index in [4.69, 9.17) is 4.42 Å². The second-order valence-electron chi connectivity index (χ2n) is 10.4. The van der Waals surface area contributed by atoms with Gasteiger partial charge >= 0.3 is 0 Å². The normalized spacial score (nSPS) is 12.4. The number of hydrogen-bond donors (Lipinski definition) is 0.